The van der Waals surface area contributed by atoms with E-state index in [0.29, 0.717) is 11.1 Å². The molecule has 0 radical (unpaired) electrons. The number of carbonyl (C=O) groups is 3. The van der Waals surface area contributed by atoms with Gasteiger partial charge in [-0.15, -0.1) is 5.10 Å². The van der Waals surface area contributed by atoms with E-state index in [2.05, 4.69) is 10.3 Å². The van der Waals surface area contributed by atoms with Gasteiger partial charge in [-0.3, -0.25) is 14.3 Å². The second-order valence-electron chi connectivity index (χ2n) is 9.02. The monoisotopic (exact) mass is 509 g/mol. The van der Waals surface area contributed by atoms with Crippen molar-refractivity contribution in [2.75, 3.05) is 0 Å². The maximum Gasteiger partial charge on any atom is 0.331 e. The van der Waals surface area contributed by atoms with Crippen LogP contribution in [-0.2, 0) is 30.7 Å². The molecule has 12 heteroatoms. The number of esters is 1. The SMILES string of the molecule is C[C@]1(Cn2cc(C(N)=O)nn2)[C@H](C(=O)OC(c2ccccc2)c2ccccc2)N2C(=O)C[C@H]2S1(=O)=O. The van der Waals surface area contributed by atoms with Gasteiger partial charge in [-0.25, -0.2) is 13.2 Å². The molecule has 2 amide bonds. The van der Waals surface area contributed by atoms with Crippen molar-refractivity contribution in [3.05, 3.63) is 83.7 Å². The van der Waals surface area contributed by atoms with Crippen molar-refractivity contribution in [2.24, 2.45) is 5.73 Å². The number of fused-ring (bicyclic) bond motifs is 1. The number of benzene rings is 2. The summed E-state index contributed by atoms with van der Waals surface area (Å²) < 4.78 is 32.4. The molecule has 3 heterocycles. The summed E-state index contributed by atoms with van der Waals surface area (Å²) in [6, 6.07) is 16.6. The molecule has 2 aliphatic heterocycles. The van der Waals surface area contributed by atoms with Gasteiger partial charge in [0, 0.05) is 0 Å². The van der Waals surface area contributed by atoms with E-state index in [9.17, 15) is 22.8 Å². The Morgan fingerprint density at radius 1 is 1.11 bits per heavy atom. The zero-order chi connectivity index (χ0) is 25.7. The Bertz CT molecular complexity index is 1400. The minimum Gasteiger partial charge on any atom is -0.451 e. The van der Waals surface area contributed by atoms with Crippen LogP contribution in [0.5, 0.6) is 0 Å². The molecule has 0 unspecified atom stereocenters. The molecule has 0 bridgehead atoms. The fraction of sp³-hybridized carbons (Fsp3) is 0.292. The van der Waals surface area contributed by atoms with E-state index < -0.39 is 49.9 Å². The molecule has 2 aliphatic rings. The number of primary amides is 1. The highest BCUT2D eigenvalue weighted by Gasteiger charge is 2.70. The highest BCUT2D eigenvalue weighted by atomic mass is 32.2. The highest BCUT2D eigenvalue weighted by Crippen LogP contribution is 2.47. The zero-order valence-corrected chi connectivity index (χ0v) is 20.0. The number of amides is 2. The maximum atomic E-state index is 13.7. The van der Waals surface area contributed by atoms with Crippen LogP contribution in [-0.4, -0.2) is 62.3 Å². The summed E-state index contributed by atoms with van der Waals surface area (Å²) in [5.74, 6) is -2.14. The summed E-state index contributed by atoms with van der Waals surface area (Å²) in [7, 11) is -4.03. The molecule has 2 fully saturated rings. The van der Waals surface area contributed by atoms with Gasteiger partial charge in [0.2, 0.25) is 5.91 Å². The van der Waals surface area contributed by atoms with Crippen LogP contribution in [0.25, 0.3) is 0 Å². The third-order valence-electron chi connectivity index (χ3n) is 6.74. The number of ether oxygens (including phenoxy) is 1. The van der Waals surface area contributed by atoms with Crippen molar-refractivity contribution in [3.8, 4) is 0 Å². The Morgan fingerprint density at radius 2 is 1.69 bits per heavy atom. The van der Waals surface area contributed by atoms with Crippen molar-refractivity contribution in [2.45, 2.75) is 42.2 Å². The van der Waals surface area contributed by atoms with E-state index in [4.69, 9.17) is 10.5 Å². The number of nitrogens with two attached hydrogens (primary N) is 1. The van der Waals surface area contributed by atoms with Crippen LogP contribution in [0.15, 0.2) is 66.9 Å². The maximum absolute atomic E-state index is 13.7. The molecule has 2 N–H and O–H groups in total. The topological polar surface area (TPSA) is 155 Å². The number of sulfone groups is 1. The molecule has 186 valence electrons. The summed E-state index contributed by atoms with van der Waals surface area (Å²) >= 11 is 0. The summed E-state index contributed by atoms with van der Waals surface area (Å²) in [6.07, 6.45) is 0.168. The number of carbonyl (C=O) groups excluding carboxylic acids is 3. The average Bonchev–Trinajstić information content (AvgIpc) is 3.37. The Balaban J connectivity index is 1.53. The molecule has 1 aromatic heterocycles. The standard InChI is InChI=1S/C24H23N5O6S/c1-24(14-28-13-17(22(25)31)26-27-28)21(29-18(30)12-19(29)36(24,33)34)23(32)35-20(15-8-4-2-5-9-15)16-10-6-3-7-11-16/h2-11,13,19-21H,12,14H2,1H3,(H2,25,31)/t19-,21+,24+/m1/s1. The lowest BCUT2D eigenvalue weighted by Crippen LogP contribution is -2.58. The first kappa shape index (κ1) is 23.7. The summed E-state index contributed by atoms with van der Waals surface area (Å²) in [5.41, 5.74) is 6.46. The first-order valence-corrected chi connectivity index (χ1v) is 12.7. The molecule has 3 atom stereocenters. The van der Waals surface area contributed by atoms with Gasteiger partial charge in [-0.05, 0) is 18.1 Å². The molecule has 11 nitrogen and oxygen atoms in total. The molecular formula is C24H23N5O6S. The molecule has 2 saturated heterocycles. The van der Waals surface area contributed by atoms with Crippen molar-refractivity contribution < 1.29 is 27.5 Å². The van der Waals surface area contributed by atoms with Crippen LogP contribution < -0.4 is 5.73 Å². The summed E-state index contributed by atoms with van der Waals surface area (Å²) in [5, 5.41) is 6.31. The minimum atomic E-state index is -4.03. The third kappa shape index (κ3) is 3.65. The fourth-order valence-corrected chi connectivity index (χ4v) is 7.20. The van der Waals surface area contributed by atoms with Crippen molar-refractivity contribution in [1.82, 2.24) is 19.9 Å². The highest BCUT2D eigenvalue weighted by molar-refractivity contribution is 7.93. The van der Waals surface area contributed by atoms with Gasteiger partial charge >= 0.3 is 5.97 Å². The molecule has 36 heavy (non-hydrogen) atoms. The normalized spacial score (nSPS) is 24.3. The van der Waals surface area contributed by atoms with E-state index in [1.165, 1.54) is 13.1 Å². The zero-order valence-electron chi connectivity index (χ0n) is 19.2. The number of nitrogens with zero attached hydrogens (tertiary/aromatic N) is 4. The van der Waals surface area contributed by atoms with Gasteiger partial charge < -0.3 is 15.4 Å². The minimum absolute atomic E-state index is 0.152. The van der Waals surface area contributed by atoms with Crippen molar-refractivity contribution >= 4 is 27.6 Å². The van der Waals surface area contributed by atoms with Gasteiger partial charge in [0.15, 0.2) is 27.7 Å². The smallest absolute Gasteiger partial charge is 0.331 e. The first-order chi connectivity index (χ1) is 17.1. The van der Waals surface area contributed by atoms with Crippen LogP contribution >= 0.6 is 0 Å². The van der Waals surface area contributed by atoms with E-state index in [1.54, 1.807) is 48.5 Å². The lowest BCUT2D eigenvalue weighted by molar-refractivity contribution is -0.164. The quantitative estimate of drug-likeness (QED) is 0.363. The van der Waals surface area contributed by atoms with E-state index >= 15 is 0 Å². The van der Waals surface area contributed by atoms with E-state index in [0.717, 1.165) is 9.58 Å². The first-order valence-electron chi connectivity index (χ1n) is 11.2. The van der Waals surface area contributed by atoms with E-state index in [-0.39, 0.29) is 18.7 Å². The van der Waals surface area contributed by atoms with Crippen LogP contribution in [0.2, 0.25) is 0 Å². The predicted molar refractivity (Wildman–Crippen MR) is 126 cm³/mol. The second kappa shape index (κ2) is 8.55. The Morgan fingerprint density at radius 3 is 2.19 bits per heavy atom. The van der Waals surface area contributed by atoms with Gasteiger partial charge in [-0.2, -0.15) is 0 Å². The molecule has 0 saturated carbocycles. The molecule has 5 rings (SSSR count). The largest absolute Gasteiger partial charge is 0.451 e. The number of hydrogen-bond acceptors (Lipinski definition) is 8. The van der Waals surface area contributed by atoms with Gasteiger partial charge in [0.1, 0.15) is 10.1 Å². The molecule has 3 aromatic rings. The van der Waals surface area contributed by atoms with Crippen molar-refractivity contribution in [3.63, 3.8) is 0 Å². The second-order valence-corrected chi connectivity index (χ2v) is 11.6. The molecule has 0 spiro atoms. The van der Waals surface area contributed by atoms with Crippen LogP contribution in [0.4, 0.5) is 0 Å². The van der Waals surface area contributed by atoms with Gasteiger partial charge in [0.05, 0.1) is 19.2 Å². The number of hydrogen-bond donors (Lipinski definition) is 1. The molecule has 2 aromatic carbocycles. The van der Waals surface area contributed by atoms with Crippen LogP contribution in [0.3, 0.4) is 0 Å². The van der Waals surface area contributed by atoms with Crippen LogP contribution in [0, 0.1) is 0 Å². The third-order valence-corrected chi connectivity index (χ3v) is 9.50. The Kier molecular flexibility index (Phi) is 5.62. The lowest BCUT2D eigenvalue weighted by atomic mass is 9.95. The Labute approximate surface area is 206 Å². The Hall–Kier alpha value is -4.06. The van der Waals surface area contributed by atoms with Crippen molar-refractivity contribution in [1.29, 1.82) is 0 Å². The molecular weight excluding hydrogens is 486 g/mol. The molecule has 0 aliphatic carbocycles. The fourth-order valence-electron chi connectivity index (χ4n) is 4.85. The van der Waals surface area contributed by atoms with Gasteiger partial charge in [-0.1, -0.05) is 65.9 Å². The number of aromatic nitrogens is 3. The summed E-state index contributed by atoms with van der Waals surface area (Å²) in [6.45, 7) is 1.04. The van der Waals surface area contributed by atoms with E-state index in [1.807, 2.05) is 12.1 Å². The lowest BCUT2D eigenvalue weighted by Gasteiger charge is -2.37. The number of β-lactam (4-membered cyclic amide) rings is 1. The number of rotatable bonds is 7. The predicted octanol–water partition coefficient (Wildman–Crippen LogP) is 0.824. The average molecular weight is 510 g/mol. The van der Waals surface area contributed by atoms with Gasteiger partial charge in [0.25, 0.3) is 5.91 Å². The summed E-state index contributed by atoms with van der Waals surface area (Å²) in [4.78, 5) is 38.8. The van der Waals surface area contributed by atoms with Crippen LogP contribution in [0.1, 0.15) is 41.1 Å².